The number of benzene rings is 2. The van der Waals surface area contributed by atoms with Gasteiger partial charge in [-0.25, -0.2) is 9.18 Å². The number of urea groups is 1. The SMILES string of the molecule is O=C1Nc2ccccc2N(O)N1c1ccc(Br)cc1F. The Balaban J connectivity index is 2.08. The Morgan fingerprint density at radius 3 is 2.65 bits per heavy atom. The van der Waals surface area contributed by atoms with Crippen LogP contribution in [0.15, 0.2) is 46.9 Å². The first-order valence-corrected chi connectivity index (χ1v) is 6.51. The standard InChI is InChI=1S/C13H9BrFN3O2/c14-8-5-6-11(9(15)7-8)17-13(19)16-10-3-1-2-4-12(10)18(17)20/h1-7,20H,(H,16,19). The van der Waals surface area contributed by atoms with Crippen molar-refractivity contribution >= 4 is 39.0 Å². The fourth-order valence-corrected chi connectivity index (χ4v) is 2.31. The topological polar surface area (TPSA) is 55.8 Å². The van der Waals surface area contributed by atoms with E-state index in [0.717, 1.165) is 5.01 Å². The number of amides is 2. The van der Waals surface area contributed by atoms with E-state index in [1.165, 1.54) is 12.1 Å². The van der Waals surface area contributed by atoms with Crippen LogP contribution in [0.25, 0.3) is 0 Å². The molecule has 0 bridgehead atoms. The predicted octanol–water partition coefficient (Wildman–Crippen LogP) is 3.75. The smallest absolute Gasteiger partial charge is 0.304 e. The molecule has 1 aliphatic heterocycles. The van der Waals surface area contributed by atoms with Gasteiger partial charge in [-0.1, -0.05) is 28.1 Å². The van der Waals surface area contributed by atoms with E-state index in [0.29, 0.717) is 21.0 Å². The highest BCUT2D eigenvalue weighted by molar-refractivity contribution is 9.10. The van der Waals surface area contributed by atoms with E-state index >= 15 is 0 Å². The summed E-state index contributed by atoms with van der Waals surface area (Å²) < 4.78 is 14.5. The minimum absolute atomic E-state index is 0.0531. The van der Waals surface area contributed by atoms with Crippen LogP contribution >= 0.6 is 15.9 Å². The van der Waals surface area contributed by atoms with E-state index in [1.54, 1.807) is 30.3 Å². The minimum atomic E-state index is -0.646. The van der Waals surface area contributed by atoms with Gasteiger partial charge in [0.15, 0.2) is 0 Å². The fourth-order valence-electron chi connectivity index (χ4n) is 1.98. The van der Waals surface area contributed by atoms with E-state index in [4.69, 9.17) is 0 Å². The Kier molecular flexibility index (Phi) is 3.07. The molecule has 0 fully saturated rings. The number of hydrogen-bond acceptors (Lipinski definition) is 3. The van der Waals surface area contributed by atoms with Crippen LogP contribution < -0.4 is 15.5 Å². The molecule has 2 aromatic rings. The van der Waals surface area contributed by atoms with Gasteiger partial charge in [-0.2, -0.15) is 10.2 Å². The van der Waals surface area contributed by atoms with Crippen molar-refractivity contribution in [3.63, 3.8) is 0 Å². The van der Waals surface area contributed by atoms with Crippen LogP contribution in [0, 0.1) is 5.82 Å². The van der Waals surface area contributed by atoms with E-state index in [2.05, 4.69) is 21.2 Å². The highest BCUT2D eigenvalue weighted by Gasteiger charge is 2.31. The second-order valence-corrected chi connectivity index (χ2v) is 5.06. The molecule has 0 aromatic heterocycles. The minimum Gasteiger partial charge on any atom is -0.304 e. The average Bonchev–Trinajstić information content (AvgIpc) is 2.41. The van der Waals surface area contributed by atoms with Crippen molar-refractivity contribution in [1.29, 1.82) is 0 Å². The van der Waals surface area contributed by atoms with Crippen molar-refractivity contribution in [2.45, 2.75) is 0 Å². The number of carbonyl (C=O) groups excluding carboxylic acids is 1. The third-order valence-corrected chi connectivity index (χ3v) is 3.37. The maximum atomic E-state index is 14.0. The van der Waals surface area contributed by atoms with Gasteiger partial charge in [0, 0.05) is 4.47 Å². The molecule has 2 aromatic carbocycles. The number of hydrazine groups is 1. The van der Waals surface area contributed by atoms with Gasteiger partial charge < -0.3 is 5.32 Å². The van der Waals surface area contributed by atoms with Crippen LogP contribution in [0.2, 0.25) is 0 Å². The fraction of sp³-hybridized carbons (Fsp3) is 0. The molecule has 0 saturated carbocycles. The number of nitrogens with zero attached hydrogens (tertiary/aromatic N) is 2. The van der Waals surface area contributed by atoms with Gasteiger partial charge in [0.05, 0.1) is 5.69 Å². The number of carbonyl (C=O) groups is 1. The molecule has 1 heterocycles. The molecule has 3 rings (SSSR count). The molecule has 5 nitrogen and oxygen atoms in total. The highest BCUT2D eigenvalue weighted by Crippen LogP contribution is 2.34. The van der Waals surface area contributed by atoms with Crippen LogP contribution in [-0.2, 0) is 0 Å². The number of fused-ring (bicyclic) bond motifs is 1. The van der Waals surface area contributed by atoms with Gasteiger partial charge in [0.25, 0.3) is 0 Å². The zero-order valence-corrected chi connectivity index (χ0v) is 11.6. The van der Waals surface area contributed by atoms with Crippen molar-refractivity contribution in [1.82, 2.24) is 0 Å². The maximum Gasteiger partial charge on any atom is 0.347 e. The van der Waals surface area contributed by atoms with Gasteiger partial charge in [-0.05, 0) is 30.3 Å². The molecule has 2 N–H and O–H groups in total. The summed E-state index contributed by atoms with van der Waals surface area (Å²) in [5, 5.41) is 14.2. The number of halogens is 2. The number of rotatable bonds is 1. The van der Waals surface area contributed by atoms with Gasteiger partial charge in [-0.3, -0.25) is 5.21 Å². The predicted molar refractivity (Wildman–Crippen MR) is 76.3 cm³/mol. The molecule has 20 heavy (non-hydrogen) atoms. The monoisotopic (exact) mass is 337 g/mol. The summed E-state index contributed by atoms with van der Waals surface area (Å²) in [5.41, 5.74) is 0.755. The van der Waals surface area contributed by atoms with Crippen LogP contribution in [0.4, 0.5) is 26.2 Å². The van der Waals surface area contributed by atoms with Crippen LogP contribution in [-0.4, -0.2) is 11.2 Å². The highest BCUT2D eigenvalue weighted by atomic mass is 79.9. The molecule has 7 heteroatoms. The first-order valence-electron chi connectivity index (χ1n) is 5.72. The molecule has 0 spiro atoms. The molecular weight excluding hydrogens is 329 g/mol. The lowest BCUT2D eigenvalue weighted by atomic mass is 10.2. The van der Waals surface area contributed by atoms with Crippen LogP contribution in [0.1, 0.15) is 0 Å². The quantitative estimate of drug-likeness (QED) is 0.833. The van der Waals surface area contributed by atoms with Gasteiger partial charge in [0.2, 0.25) is 0 Å². The van der Waals surface area contributed by atoms with Crippen molar-refractivity contribution in [3.05, 3.63) is 52.8 Å². The summed E-state index contributed by atoms with van der Waals surface area (Å²) in [7, 11) is 0. The molecule has 2 amide bonds. The zero-order valence-electron chi connectivity index (χ0n) is 10.0. The van der Waals surface area contributed by atoms with E-state index < -0.39 is 11.8 Å². The van der Waals surface area contributed by atoms with Crippen molar-refractivity contribution in [3.8, 4) is 0 Å². The maximum absolute atomic E-state index is 14.0. The van der Waals surface area contributed by atoms with Gasteiger partial charge in [0.1, 0.15) is 17.2 Å². The molecule has 1 aliphatic rings. The first kappa shape index (κ1) is 12.9. The summed E-state index contributed by atoms with van der Waals surface area (Å²) in [5.74, 6) is -0.632. The second kappa shape index (κ2) is 4.77. The molecule has 0 unspecified atom stereocenters. The number of para-hydroxylation sites is 2. The van der Waals surface area contributed by atoms with E-state index in [1.807, 2.05) is 0 Å². The number of nitrogens with one attached hydrogen (secondary N) is 1. The van der Waals surface area contributed by atoms with Crippen molar-refractivity contribution in [2.24, 2.45) is 0 Å². The molecule has 102 valence electrons. The summed E-state index contributed by atoms with van der Waals surface area (Å²) in [6.45, 7) is 0. The normalized spacial score (nSPS) is 14.1. The summed E-state index contributed by atoms with van der Waals surface area (Å²) >= 11 is 3.14. The van der Waals surface area contributed by atoms with E-state index in [9.17, 15) is 14.4 Å². The third-order valence-electron chi connectivity index (χ3n) is 2.88. The lowest BCUT2D eigenvalue weighted by Gasteiger charge is -2.36. The molecule has 0 radical (unpaired) electrons. The first-order chi connectivity index (χ1) is 9.58. The Hall–Kier alpha value is -2.12. The Bertz CT molecular complexity index is 695. The number of anilines is 3. The lowest BCUT2D eigenvalue weighted by molar-refractivity contribution is 0.220. The third kappa shape index (κ3) is 2.00. The van der Waals surface area contributed by atoms with Gasteiger partial charge >= 0.3 is 6.03 Å². The Morgan fingerprint density at radius 2 is 1.90 bits per heavy atom. The summed E-state index contributed by atoms with van der Waals surface area (Å²) in [6.07, 6.45) is 0. The largest absolute Gasteiger partial charge is 0.347 e. The summed E-state index contributed by atoms with van der Waals surface area (Å²) in [6, 6.07) is 10.2. The van der Waals surface area contributed by atoms with Crippen LogP contribution in [0.5, 0.6) is 0 Å². The van der Waals surface area contributed by atoms with E-state index in [-0.39, 0.29) is 5.69 Å². The van der Waals surface area contributed by atoms with Crippen molar-refractivity contribution < 1.29 is 14.4 Å². The average molecular weight is 338 g/mol. The molecule has 0 aliphatic carbocycles. The lowest BCUT2D eigenvalue weighted by Crippen LogP contribution is -2.51. The van der Waals surface area contributed by atoms with Crippen LogP contribution in [0.3, 0.4) is 0 Å². The van der Waals surface area contributed by atoms with Gasteiger partial charge in [-0.15, -0.1) is 0 Å². The Morgan fingerprint density at radius 1 is 1.15 bits per heavy atom. The Labute approximate surface area is 122 Å². The molecular formula is C13H9BrFN3O2. The zero-order chi connectivity index (χ0) is 14.3. The summed E-state index contributed by atoms with van der Waals surface area (Å²) in [4.78, 5) is 12.0. The number of hydrogen-bond donors (Lipinski definition) is 2. The van der Waals surface area contributed by atoms with Crippen molar-refractivity contribution in [2.75, 3.05) is 15.5 Å². The molecule has 0 atom stereocenters. The molecule has 0 saturated heterocycles. The second-order valence-electron chi connectivity index (χ2n) is 4.14.